The summed E-state index contributed by atoms with van der Waals surface area (Å²) in [6.45, 7) is 4.51. The van der Waals surface area contributed by atoms with Gasteiger partial charge in [0.1, 0.15) is 5.54 Å². The van der Waals surface area contributed by atoms with Gasteiger partial charge in [0.2, 0.25) is 0 Å². The number of H-pyrrole nitrogens is 1. The molecule has 0 aliphatic rings. The maximum atomic E-state index is 12.1. The number of rotatable bonds is 6. The highest BCUT2D eigenvalue weighted by atomic mass is 32.2. The summed E-state index contributed by atoms with van der Waals surface area (Å²) in [5.74, 6) is -1.25. The summed E-state index contributed by atoms with van der Waals surface area (Å²) in [4.78, 5) is 24.2. The van der Waals surface area contributed by atoms with Gasteiger partial charge in [0, 0.05) is 5.69 Å². The summed E-state index contributed by atoms with van der Waals surface area (Å²) < 4.78 is 26.3. The summed E-state index contributed by atoms with van der Waals surface area (Å²) >= 11 is 0.537. The fraction of sp³-hybridized carbons (Fsp3) is 0.600. The van der Waals surface area contributed by atoms with Gasteiger partial charge >= 0.3 is 10.8 Å². The van der Waals surface area contributed by atoms with E-state index in [0.29, 0.717) is 17.8 Å². The third kappa shape index (κ3) is 3.43. The van der Waals surface area contributed by atoms with Gasteiger partial charge in [0.05, 0.1) is 0 Å². The molecular weight excluding hydrogens is 292 g/mol. The van der Waals surface area contributed by atoms with Crippen LogP contribution in [0.4, 0.5) is 0 Å². The molecule has 7 nitrogen and oxygen atoms in total. The zero-order valence-corrected chi connectivity index (χ0v) is 12.4. The SMILES string of the molecule is CCCC(C)(NS(=O)(=O)c1sc(=O)[nH]c1C)C(=O)O. The van der Waals surface area contributed by atoms with Crippen LogP contribution in [-0.2, 0) is 14.8 Å². The Balaban J connectivity index is 3.18. The summed E-state index contributed by atoms with van der Waals surface area (Å²) in [5, 5.41) is 9.16. The molecule has 0 saturated heterocycles. The van der Waals surface area contributed by atoms with E-state index in [2.05, 4.69) is 9.71 Å². The number of carboxylic acids is 1. The predicted molar refractivity (Wildman–Crippen MR) is 70.9 cm³/mol. The van der Waals surface area contributed by atoms with Crippen molar-refractivity contribution < 1.29 is 18.3 Å². The molecule has 0 amide bonds. The number of hydrogen-bond acceptors (Lipinski definition) is 5. The van der Waals surface area contributed by atoms with Gasteiger partial charge in [-0.2, -0.15) is 4.72 Å². The molecule has 1 aromatic heterocycles. The van der Waals surface area contributed by atoms with Crippen molar-refractivity contribution in [3.05, 3.63) is 15.4 Å². The quantitative estimate of drug-likeness (QED) is 0.714. The molecular formula is C10H16N2O5S2. The first-order valence-electron chi connectivity index (χ1n) is 5.59. The molecule has 0 saturated carbocycles. The summed E-state index contributed by atoms with van der Waals surface area (Å²) in [6.07, 6.45) is 0.660. The first-order valence-corrected chi connectivity index (χ1v) is 7.89. The van der Waals surface area contributed by atoms with Crippen molar-refractivity contribution in [2.45, 2.75) is 43.4 Å². The van der Waals surface area contributed by atoms with Crippen LogP contribution in [0.25, 0.3) is 0 Å². The van der Waals surface area contributed by atoms with Crippen molar-refractivity contribution in [1.29, 1.82) is 0 Å². The molecule has 3 N–H and O–H groups in total. The van der Waals surface area contributed by atoms with Gasteiger partial charge in [-0.25, -0.2) is 8.42 Å². The minimum Gasteiger partial charge on any atom is -0.480 e. The second kappa shape index (κ2) is 5.43. The molecule has 0 aliphatic carbocycles. The Morgan fingerprint density at radius 3 is 2.47 bits per heavy atom. The zero-order chi connectivity index (χ0) is 14.8. The molecule has 0 fully saturated rings. The predicted octanol–water partition coefficient (Wildman–Crippen LogP) is 0.667. The van der Waals surface area contributed by atoms with E-state index in [1.54, 1.807) is 6.92 Å². The fourth-order valence-electron chi connectivity index (χ4n) is 1.69. The lowest BCUT2D eigenvalue weighted by Gasteiger charge is -2.25. The topological polar surface area (TPSA) is 116 Å². The molecule has 1 unspecified atom stereocenters. The van der Waals surface area contributed by atoms with Crippen LogP contribution < -0.4 is 9.60 Å². The minimum atomic E-state index is -4.04. The molecule has 0 spiro atoms. The Bertz CT molecular complexity index is 631. The van der Waals surface area contributed by atoms with Gasteiger partial charge in [0.25, 0.3) is 10.0 Å². The molecule has 1 rings (SSSR count). The molecule has 0 radical (unpaired) electrons. The maximum absolute atomic E-state index is 12.1. The number of nitrogens with one attached hydrogen (secondary N) is 2. The van der Waals surface area contributed by atoms with Gasteiger partial charge in [-0.05, 0) is 20.3 Å². The monoisotopic (exact) mass is 308 g/mol. The van der Waals surface area contributed by atoms with Crippen molar-refractivity contribution in [1.82, 2.24) is 9.71 Å². The van der Waals surface area contributed by atoms with Gasteiger partial charge in [-0.3, -0.25) is 9.59 Å². The number of aliphatic carboxylic acids is 1. The normalized spacial score (nSPS) is 15.1. The Hall–Kier alpha value is -1.19. The highest BCUT2D eigenvalue weighted by molar-refractivity contribution is 7.91. The molecule has 1 atom stereocenters. The number of aromatic nitrogens is 1. The van der Waals surface area contributed by atoms with Crippen molar-refractivity contribution in [3.63, 3.8) is 0 Å². The highest BCUT2D eigenvalue weighted by Crippen LogP contribution is 2.21. The van der Waals surface area contributed by atoms with Crippen LogP contribution in [0.5, 0.6) is 0 Å². The number of carboxylic acid groups (broad SMARTS) is 1. The zero-order valence-electron chi connectivity index (χ0n) is 10.8. The second-order valence-corrected chi connectivity index (χ2v) is 7.28. The maximum Gasteiger partial charge on any atom is 0.324 e. The van der Waals surface area contributed by atoms with E-state index in [1.807, 2.05) is 0 Å². The van der Waals surface area contributed by atoms with Gasteiger partial charge in [-0.15, -0.1) is 0 Å². The largest absolute Gasteiger partial charge is 0.480 e. The molecule has 0 bridgehead atoms. The molecule has 19 heavy (non-hydrogen) atoms. The van der Waals surface area contributed by atoms with Gasteiger partial charge < -0.3 is 10.1 Å². The van der Waals surface area contributed by atoms with E-state index in [1.165, 1.54) is 13.8 Å². The Kier molecular flexibility index (Phi) is 4.54. The average molecular weight is 308 g/mol. The van der Waals surface area contributed by atoms with Crippen LogP contribution in [0.3, 0.4) is 0 Å². The van der Waals surface area contributed by atoms with E-state index < -0.39 is 26.4 Å². The van der Waals surface area contributed by atoms with Crippen molar-refractivity contribution in [3.8, 4) is 0 Å². The number of aryl methyl sites for hydroxylation is 1. The summed E-state index contributed by atoms with van der Waals surface area (Å²) in [5.41, 5.74) is -1.39. The number of aromatic amines is 1. The second-order valence-electron chi connectivity index (χ2n) is 4.42. The van der Waals surface area contributed by atoms with Crippen LogP contribution in [0.1, 0.15) is 32.4 Å². The first-order chi connectivity index (χ1) is 8.62. The summed E-state index contributed by atoms with van der Waals surface area (Å²) in [6, 6.07) is 0. The van der Waals surface area contributed by atoms with E-state index in [9.17, 15) is 18.0 Å². The third-order valence-corrected chi connectivity index (χ3v) is 5.81. The molecule has 9 heteroatoms. The van der Waals surface area contributed by atoms with Crippen molar-refractivity contribution in [2.75, 3.05) is 0 Å². The lowest BCUT2D eigenvalue weighted by molar-refractivity contribution is -0.143. The van der Waals surface area contributed by atoms with Crippen molar-refractivity contribution in [2.24, 2.45) is 0 Å². The number of thiazole rings is 1. The number of sulfonamides is 1. The molecule has 0 aliphatic heterocycles. The molecule has 0 aromatic carbocycles. The van der Waals surface area contributed by atoms with E-state index in [0.717, 1.165) is 0 Å². The Morgan fingerprint density at radius 1 is 1.53 bits per heavy atom. The first kappa shape index (κ1) is 15.9. The van der Waals surface area contributed by atoms with Crippen LogP contribution in [0.15, 0.2) is 9.00 Å². The highest BCUT2D eigenvalue weighted by Gasteiger charge is 2.38. The number of hydrogen-bond donors (Lipinski definition) is 3. The number of carbonyl (C=O) groups is 1. The van der Waals surface area contributed by atoms with Crippen LogP contribution >= 0.6 is 11.3 Å². The molecule has 1 aromatic rings. The lowest BCUT2D eigenvalue weighted by atomic mass is 9.98. The minimum absolute atomic E-state index is 0.153. The van der Waals surface area contributed by atoms with E-state index in [4.69, 9.17) is 5.11 Å². The lowest BCUT2D eigenvalue weighted by Crippen LogP contribution is -2.51. The molecule has 1 heterocycles. The average Bonchev–Trinajstić information content (AvgIpc) is 2.57. The van der Waals surface area contributed by atoms with Crippen molar-refractivity contribution >= 4 is 27.3 Å². The third-order valence-electron chi connectivity index (χ3n) is 2.61. The van der Waals surface area contributed by atoms with Crippen LogP contribution in [0.2, 0.25) is 0 Å². The van der Waals surface area contributed by atoms with E-state index >= 15 is 0 Å². The fourth-order valence-corrected chi connectivity index (χ4v) is 4.39. The molecule has 108 valence electrons. The van der Waals surface area contributed by atoms with Gasteiger partial charge in [0.15, 0.2) is 4.21 Å². The standard InChI is InChI=1S/C10H16N2O5S2/c1-4-5-10(3,8(13)14)12-19(16,17)7-6(2)11-9(15)18-7/h12H,4-5H2,1-3H3,(H,11,15)(H,13,14). The van der Waals surface area contributed by atoms with Crippen LogP contribution in [0, 0.1) is 6.92 Å². The Morgan fingerprint density at radius 2 is 2.11 bits per heavy atom. The smallest absolute Gasteiger partial charge is 0.324 e. The summed E-state index contributed by atoms with van der Waals surface area (Å²) in [7, 11) is -4.04. The van der Waals surface area contributed by atoms with Gasteiger partial charge in [-0.1, -0.05) is 24.7 Å². The van der Waals surface area contributed by atoms with E-state index in [-0.39, 0.29) is 16.3 Å². The van der Waals surface area contributed by atoms with Crippen LogP contribution in [-0.4, -0.2) is 30.0 Å². The Labute approximate surface area is 114 Å².